The van der Waals surface area contributed by atoms with Crippen molar-refractivity contribution in [2.24, 2.45) is 0 Å². The summed E-state index contributed by atoms with van der Waals surface area (Å²) in [5, 5.41) is 2.86. The fourth-order valence-corrected chi connectivity index (χ4v) is 3.08. The number of hydrogen-bond donors (Lipinski definition) is 1. The highest BCUT2D eigenvalue weighted by Crippen LogP contribution is 2.43. The molecule has 5 heteroatoms. The van der Waals surface area contributed by atoms with Crippen molar-refractivity contribution in [2.75, 3.05) is 19.5 Å². The van der Waals surface area contributed by atoms with Crippen LogP contribution in [0, 0.1) is 12.7 Å². The van der Waals surface area contributed by atoms with Gasteiger partial charge in [-0.15, -0.1) is 0 Å². The Morgan fingerprint density at radius 1 is 1.09 bits per heavy atom. The molecular formula is C18H18FNO3. The van der Waals surface area contributed by atoms with Crippen molar-refractivity contribution in [2.45, 2.75) is 19.3 Å². The normalized spacial score (nSPS) is 16.5. The third-order valence-electron chi connectivity index (χ3n) is 4.17. The standard InChI is InChI=1S/C18H18FNO3/c1-10-6-13-12(14-7-11(19)4-5-16(14)22-2)8-18(21)20-15(13)9-17(10)23-3/h4-7,9,12H,8H2,1-3H3,(H,20,21). The molecular weight excluding hydrogens is 297 g/mol. The average molecular weight is 315 g/mol. The number of halogens is 1. The molecule has 23 heavy (non-hydrogen) atoms. The van der Waals surface area contributed by atoms with E-state index in [9.17, 15) is 9.18 Å². The van der Waals surface area contributed by atoms with E-state index in [2.05, 4.69) is 5.32 Å². The van der Waals surface area contributed by atoms with Crippen LogP contribution in [0.5, 0.6) is 11.5 Å². The predicted molar refractivity (Wildman–Crippen MR) is 85.8 cm³/mol. The van der Waals surface area contributed by atoms with E-state index in [-0.39, 0.29) is 24.1 Å². The van der Waals surface area contributed by atoms with Crippen LogP contribution < -0.4 is 14.8 Å². The molecule has 1 unspecified atom stereocenters. The number of nitrogens with one attached hydrogen (secondary N) is 1. The topological polar surface area (TPSA) is 47.6 Å². The highest BCUT2D eigenvalue weighted by molar-refractivity contribution is 5.96. The largest absolute Gasteiger partial charge is 0.496 e. The second-order valence-electron chi connectivity index (χ2n) is 5.60. The molecule has 0 spiro atoms. The van der Waals surface area contributed by atoms with E-state index in [1.54, 1.807) is 26.4 Å². The van der Waals surface area contributed by atoms with Gasteiger partial charge in [0.05, 0.1) is 14.2 Å². The van der Waals surface area contributed by atoms with Crippen LogP contribution >= 0.6 is 0 Å². The lowest BCUT2D eigenvalue weighted by molar-refractivity contribution is -0.116. The Bertz CT molecular complexity index is 773. The van der Waals surface area contributed by atoms with Crippen LogP contribution in [0.25, 0.3) is 0 Å². The van der Waals surface area contributed by atoms with E-state index < -0.39 is 0 Å². The Hall–Kier alpha value is -2.56. The van der Waals surface area contributed by atoms with Crippen LogP contribution in [-0.4, -0.2) is 20.1 Å². The van der Waals surface area contributed by atoms with Crippen molar-refractivity contribution in [1.82, 2.24) is 0 Å². The molecule has 0 radical (unpaired) electrons. The van der Waals surface area contributed by atoms with Crippen LogP contribution in [0.4, 0.5) is 10.1 Å². The summed E-state index contributed by atoms with van der Waals surface area (Å²) < 4.78 is 24.4. The van der Waals surface area contributed by atoms with Gasteiger partial charge < -0.3 is 14.8 Å². The lowest BCUT2D eigenvalue weighted by Crippen LogP contribution is -2.24. The lowest BCUT2D eigenvalue weighted by atomic mass is 9.83. The summed E-state index contributed by atoms with van der Waals surface area (Å²) in [4.78, 5) is 12.1. The van der Waals surface area contributed by atoms with Gasteiger partial charge in [0.2, 0.25) is 5.91 Å². The summed E-state index contributed by atoms with van der Waals surface area (Å²) in [6.45, 7) is 1.94. The molecule has 1 heterocycles. The fourth-order valence-electron chi connectivity index (χ4n) is 3.08. The predicted octanol–water partition coefficient (Wildman–Crippen LogP) is 3.63. The van der Waals surface area contributed by atoms with Crippen molar-refractivity contribution < 1.29 is 18.7 Å². The summed E-state index contributed by atoms with van der Waals surface area (Å²) >= 11 is 0. The van der Waals surface area contributed by atoms with E-state index in [1.165, 1.54) is 12.1 Å². The number of benzene rings is 2. The molecule has 120 valence electrons. The minimum Gasteiger partial charge on any atom is -0.496 e. The lowest BCUT2D eigenvalue weighted by Gasteiger charge is -2.28. The Balaban J connectivity index is 2.18. The molecule has 1 aliphatic rings. The van der Waals surface area contributed by atoms with E-state index in [0.29, 0.717) is 22.7 Å². The summed E-state index contributed by atoms with van der Waals surface area (Å²) in [7, 11) is 3.13. The molecule has 0 saturated carbocycles. The van der Waals surface area contributed by atoms with Gasteiger partial charge in [-0.25, -0.2) is 4.39 Å². The Labute approximate surface area is 134 Å². The number of hydrogen-bond acceptors (Lipinski definition) is 3. The van der Waals surface area contributed by atoms with Crippen molar-refractivity contribution in [3.05, 3.63) is 52.8 Å². The quantitative estimate of drug-likeness (QED) is 0.941. The van der Waals surface area contributed by atoms with Gasteiger partial charge in [-0.2, -0.15) is 0 Å². The van der Waals surface area contributed by atoms with Gasteiger partial charge in [-0.1, -0.05) is 0 Å². The summed E-state index contributed by atoms with van der Waals surface area (Å²) in [5.41, 5.74) is 3.27. The fraction of sp³-hybridized carbons (Fsp3) is 0.278. The second kappa shape index (κ2) is 5.91. The minimum absolute atomic E-state index is 0.111. The average Bonchev–Trinajstić information content (AvgIpc) is 2.54. The number of aryl methyl sites for hydroxylation is 1. The van der Waals surface area contributed by atoms with Crippen molar-refractivity contribution in [3.63, 3.8) is 0 Å². The number of rotatable bonds is 3. The van der Waals surface area contributed by atoms with Gasteiger partial charge in [0, 0.05) is 29.7 Å². The monoisotopic (exact) mass is 315 g/mol. The molecule has 0 aromatic heterocycles. The first-order chi connectivity index (χ1) is 11.0. The van der Waals surface area contributed by atoms with E-state index in [1.807, 2.05) is 13.0 Å². The molecule has 0 saturated heterocycles. The third kappa shape index (κ3) is 2.74. The number of anilines is 1. The molecule has 0 fully saturated rings. The first kappa shape index (κ1) is 15.3. The van der Waals surface area contributed by atoms with Gasteiger partial charge in [0.25, 0.3) is 0 Å². The van der Waals surface area contributed by atoms with Crippen LogP contribution in [0.1, 0.15) is 29.0 Å². The van der Waals surface area contributed by atoms with Crippen LogP contribution in [-0.2, 0) is 4.79 Å². The molecule has 1 amide bonds. The number of methoxy groups -OCH3 is 2. The first-order valence-corrected chi connectivity index (χ1v) is 7.35. The summed E-state index contributed by atoms with van der Waals surface area (Å²) in [6.07, 6.45) is 0.249. The number of fused-ring (bicyclic) bond motifs is 1. The SMILES string of the molecule is COc1cc2c(cc1C)C(c1cc(F)ccc1OC)CC(=O)N2. The van der Waals surface area contributed by atoms with E-state index >= 15 is 0 Å². The van der Waals surface area contributed by atoms with Crippen LogP contribution in [0.15, 0.2) is 30.3 Å². The molecule has 1 aliphatic heterocycles. The molecule has 0 aliphatic carbocycles. The highest BCUT2D eigenvalue weighted by atomic mass is 19.1. The zero-order chi connectivity index (χ0) is 16.6. The van der Waals surface area contributed by atoms with Crippen molar-refractivity contribution >= 4 is 11.6 Å². The molecule has 1 N–H and O–H groups in total. The van der Waals surface area contributed by atoms with Crippen molar-refractivity contribution in [3.8, 4) is 11.5 Å². The van der Waals surface area contributed by atoms with Gasteiger partial charge in [-0.3, -0.25) is 4.79 Å². The third-order valence-corrected chi connectivity index (χ3v) is 4.17. The molecule has 2 aromatic carbocycles. The summed E-state index contributed by atoms with van der Waals surface area (Å²) in [5.74, 6) is 0.564. The van der Waals surface area contributed by atoms with Crippen LogP contribution in [0.2, 0.25) is 0 Å². The zero-order valence-corrected chi connectivity index (χ0v) is 13.3. The van der Waals surface area contributed by atoms with E-state index in [0.717, 1.165) is 11.1 Å². The van der Waals surface area contributed by atoms with Gasteiger partial charge in [-0.05, 0) is 42.3 Å². The minimum atomic E-state index is -0.349. The van der Waals surface area contributed by atoms with Gasteiger partial charge >= 0.3 is 0 Å². The molecule has 4 nitrogen and oxygen atoms in total. The molecule has 1 atom stereocenters. The maximum atomic E-state index is 13.7. The number of carbonyl (C=O) groups is 1. The second-order valence-corrected chi connectivity index (χ2v) is 5.60. The summed E-state index contributed by atoms with van der Waals surface area (Å²) in [6, 6.07) is 8.16. The van der Waals surface area contributed by atoms with Crippen molar-refractivity contribution in [1.29, 1.82) is 0 Å². The van der Waals surface area contributed by atoms with Crippen LogP contribution in [0.3, 0.4) is 0 Å². The van der Waals surface area contributed by atoms with Gasteiger partial charge in [0.1, 0.15) is 17.3 Å². The van der Waals surface area contributed by atoms with Gasteiger partial charge in [0.15, 0.2) is 0 Å². The number of amides is 1. The Morgan fingerprint density at radius 3 is 2.52 bits per heavy atom. The Kier molecular flexibility index (Phi) is 3.94. The number of ether oxygens (including phenoxy) is 2. The maximum Gasteiger partial charge on any atom is 0.225 e. The zero-order valence-electron chi connectivity index (χ0n) is 13.3. The highest BCUT2D eigenvalue weighted by Gasteiger charge is 2.29. The molecule has 3 rings (SSSR count). The smallest absolute Gasteiger partial charge is 0.225 e. The number of carbonyl (C=O) groups excluding carboxylic acids is 1. The van der Waals surface area contributed by atoms with E-state index in [4.69, 9.17) is 9.47 Å². The molecule has 2 aromatic rings. The Morgan fingerprint density at radius 2 is 1.83 bits per heavy atom. The maximum absolute atomic E-state index is 13.7. The molecule has 0 bridgehead atoms. The first-order valence-electron chi connectivity index (χ1n) is 7.35.